The van der Waals surface area contributed by atoms with Crippen LogP contribution in [0.15, 0.2) is 22.4 Å². The number of hydrogen-bond acceptors (Lipinski definition) is 10. The van der Waals surface area contributed by atoms with Gasteiger partial charge in [-0.05, 0) is 49.8 Å². The smallest absolute Gasteiger partial charge is 0.404 e. The molecule has 39 heavy (non-hydrogen) atoms. The number of halogens is 3. The molecule has 2 heterocycles. The van der Waals surface area contributed by atoms with Crippen LogP contribution in [-0.4, -0.2) is 55.7 Å². The van der Waals surface area contributed by atoms with Gasteiger partial charge in [0.2, 0.25) is 15.0 Å². The summed E-state index contributed by atoms with van der Waals surface area (Å²) < 4.78 is 70.7. The van der Waals surface area contributed by atoms with E-state index in [2.05, 4.69) is 39.2 Å². The number of carbonyl (C=O) groups is 1. The van der Waals surface area contributed by atoms with E-state index in [-0.39, 0.29) is 40.1 Å². The number of aryl methyl sites for hydroxylation is 1. The van der Waals surface area contributed by atoms with Crippen LogP contribution in [0.4, 0.5) is 35.4 Å². The number of unbranched alkanes of at least 4 members (excludes halogenated alkanes) is 2. The molecular formula is C24H33F3N6O4S2. The number of sulfonamides is 1. The minimum Gasteiger partial charge on any atom is -0.460 e. The molecule has 0 saturated carbocycles. The lowest BCUT2D eigenvalue weighted by Crippen LogP contribution is -2.38. The fourth-order valence-corrected chi connectivity index (χ4v) is 5.60. The molecule has 0 saturated heterocycles. The molecule has 1 atom stereocenters. The molecule has 0 bridgehead atoms. The normalized spacial score (nSPS) is 16.1. The van der Waals surface area contributed by atoms with Crippen LogP contribution < -0.4 is 9.62 Å². The van der Waals surface area contributed by atoms with Crippen LogP contribution in [0, 0.1) is 5.92 Å². The Morgan fingerprint density at radius 2 is 2.00 bits per heavy atom. The Kier molecular flexibility index (Phi) is 10.3. The number of nitrogens with one attached hydrogen (secondary N) is 1. The van der Waals surface area contributed by atoms with Crippen molar-refractivity contribution in [1.29, 1.82) is 0 Å². The van der Waals surface area contributed by atoms with Crippen molar-refractivity contribution < 1.29 is 31.1 Å². The maximum absolute atomic E-state index is 12.9. The van der Waals surface area contributed by atoms with Crippen LogP contribution in [0.5, 0.6) is 0 Å². The summed E-state index contributed by atoms with van der Waals surface area (Å²) in [6.45, 7) is 8.87. The SMILES string of the molecule is CCCCCN1c2cc(NS(=O)(=O)CC(F)(F)F)c(N=Nc3nnc(C(=O)OCC(C)C)s3)cc2CCC1C. The molecule has 10 nitrogen and oxygen atoms in total. The lowest BCUT2D eigenvalue weighted by molar-refractivity contribution is -0.106. The predicted molar refractivity (Wildman–Crippen MR) is 144 cm³/mol. The second kappa shape index (κ2) is 13.0. The number of alkyl halides is 3. The number of nitrogens with zero attached hydrogens (tertiary/aromatic N) is 5. The first kappa shape index (κ1) is 30.7. The maximum atomic E-state index is 12.9. The van der Waals surface area contributed by atoms with Gasteiger partial charge >= 0.3 is 12.1 Å². The highest BCUT2D eigenvalue weighted by atomic mass is 32.2. The van der Waals surface area contributed by atoms with Crippen LogP contribution in [0.2, 0.25) is 0 Å². The molecule has 3 rings (SSSR count). The number of hydrogen-bond donors (Lipinski definition) is 1. The third-order valence-electron chi connectivity index (χ3n) is 5.87. The Morgan fingerprint density at radius 1 is 1.26 bits per heavy atom. The van der Waals surface area contributed by atoms with Gasteiger partial charge in [-0.3, -0.25) is 4.72 Å². The zero-order chi connectivity index (χ0) is 28.8. The summed E-state index contributed by atoms with van der Waals surface area (Å²) in [7, 11) is -4.78. The van der Waals surface area contributed by atoms with E-state index in [1.165, 1.54) is 6.07 Å². The van der Waals surface area contributed by atoms with Crippen LogP contribution >= 0.6 is 11.3 Å². The number of aromatic nitrogens is 2. The van der Waals surface area contributed by atoms with E-state index in [1.807, 2.05) is 18.6 Å². The topological polar surface area (TPSA) is 126 Å². The summed E-state index contributed by atoms with van der Waals surface area (Å²) >= 11 is 0.827. The van der Waals surface area contributed by atoms with Crippen molar-refractivity contribution >= 4 is 49.5 Å². The van der Waals surface area contributed by atoms with Crippen LogP contribution in [0.1, 0.15) is 68.7 Å². The molecule has 15 heteroatoms. The van der Waals surface area contributed by atoms with E-state index in [4.69, 9.17) is 4.74 Å². The standard InChI is InChI=1S/C24H33F3N6O4S2/c1-5-6-7-10-33-16(4)8-9-17-11-18(19(12-20(17)33)32-39(35,36)14-24(25,26)27)28-30-23-31-29-21(38-23)22(34)37-13-15(2)3/h11-12,15-16,32H,5-10,13-14H2,1-4H3. The average molecular weight is 591 g/mol. The number of carbonyl (C=O) groups excluding carboxylic acids is 1. The fourth-order valence-electron chi connectivity index (χ4n) is 4.04. The highest BCUT2D eigenvalue weighted by molar-refractivity contribution is 7.92. The zero-order valence-electron chi connectivity index (χ0n) is 22.3. The Bertz CT molecular complexity index is 1280. The molecule has 0 radical (unpaired) electrons. The van der Waals surface area contributed by atoms with Crippen molar-refractivity contribution in [3.63, 3.8) is 0 Å². The molecule has 2 aromatic rings. The molecule has 1 N–H and O–H groups in total. The van der Waals surface area contributed by atoms with E-state index in [0.717, 1.165) is 54.8 Å². The van der Waals surface area contributed by atoms with E-state index < -0.39 is 27.9 Å². The van der Waals surface area contributed by atoms with E-state index in [0.29, 0.717) is 6.42 Å². The second-order valence-electron chi connectivity index (χ2n) is 9.84. The number of benzene rings is 1. The molecule has 0 amide bonds. The molecule has 1 aliphatic rings. The number of azo groups is 1. The van der Waals surface area contributed by atoms with Crippen LogP contribution in [-0.2, 0) is 21.2 Å². The van der Waals surface area contributed by atoms with Gasteiger partial charge in [0.25, 0.3) is 5.13 Å². The van der Waals surface area contributed by atoms with Gasteiger partial charge in [-0.1, -0.05) is 44.9 Å². The van der Waals surface area contributed by atoms with Gasteiger partial charge in [0.05, 0.1) is 12.3 Å². The van der Waals surface area contributed by atoms with Gasteiger partial charge in [0.15, 0.2) is 5.75 Å². The second-order valence-corrected chi connectivity index (χ2v) is 12.5. The van der Waals surface area contributed by atoms with Gasteiger partial charge in [-0.25, -0.2) is 13.2 Å². The molecular weight excluding hydrogens is 557 g/mol. The third-order valence-corrected chi connectivity index (χ3v) is 7.90. The van der Waals surface area contributed by atoms with Gasteiger partial charge < -0.3 is 9.64 Å². The van der Waals surface area contributed by atoms with Crippen molar-refractivity contribution in [2.45, 2.75) is 72.0 Å². The lowest BCUT2D eigenvalue weighted by atomic mass is 9.95. The molecule has 0 fully saturated rings. The Morgan fingerprint density at radius 3 is 2.67 bits per heavy atom. The first-order valence-electron chi connectivity index (χ1n) is 12.7. The first-order chi connectivity index (χ1) is 18.3. The van der Waals surface area contributed by atoms with Gasteiger partial charge in [0.1, 0.15) is 5.69 Å². The summed E-state index contributed by atoms with van der Waals surface area (Å²) in [6.07, 6.45) is -0.410. The highest BCUT2D eigenvalue weighted by Crippen LogP contribution is 2.40. The minimum atomic E-state index is -4.92. The molecule has 1 aromatic carbocycles. The van der Waals surface area contributed by atoms with Gasteiger partial charge in [-0.15, -0.1) is 20.4 Å². The maximum Gasteiger partial charge on any atom is 0.404 e. The number of esters is 1. The molecule has 0 spiro atoms. The first-order valence-corrected chi connectivity index (χ1v) is 15.2. The summed E-state index contributed by atoms with van der Waals surface area (Å²) in [5.41, 5.74) is 1.53. The summed E-state index contributed by atoms with van der Waals surface area (Å²) in [5, 5.41) is 15.6. The Labute approximate surface area is 230 Å². The largest absolute Gasteiger partial charge is 0.460 e. The van der Waals surface area contributed by atoms with Crippen LogP contribution in [0.25, 0.3) is 0 Å². The average Bonchev–Trinajstić information content (AvgIpc) is 3.30. The van der Waals surface area contributed by atoms with Crippen molar-refractivity contribution in [1.82, 2.24) is 10.2 Å². The van der Waals surface area contributed by atoms with Crippen molar-refractivity contribution in [2.75, 3.05) is 28.5 Å². The van der Waals surface area contributed by atoms with E-state index in [1.54, 1.807) is 6.07 Å². The zero-order valence-corrected chi connectivity index (χ0v) is 23.9. The molecule has 0 aliphatic carbocycles. The van der Waals surface area contributed by atoms with Crippen molar-refractivity contribution in [3.05, 3.63) is 22.7 Å². The van der Waals surface area contributed by atoms with Crippen molar-refractivity contribution in [2.24, 2.45) is 16.1 Å². The number of fused-ring (bicyclic) bond motifs is 1. The monoisotopic (exact) mass is 590 g/mol. The molecule has 1 aromatic heterocycles. The quantitative estimate of drug-likeness (QED) is 0.172. The van der Waals surface area contributed by atoms with Gasteiger partial charge in [-0.2, -0.15) is 13.2 Å². The summed E-state index contributed by atoms with van der Waals surface area (Å²) in [6, 6.07) is 3.33. The summed E-state index contributed by atoms with van der Waals surface area (Å²) in [5.74, 6) is -2.56. The Balaban J connectivity index is 1.95. The van der Waals surface area contributed by atoms with E-state index >= 15 is 0 Å². The summed E-state index contributed by atoms with van der Waals surface area (Å²) in [4.78, 5) is 14.3. The molecule has 216 valence electrons. The Hall–Kier alpha value is -2.81. The highest BCUT2D eigenvalue weighted by Gasteiger charge is 2.36. The van der Waals surface area contributed by atoms with Gasteiger partial charge in [0, 0.05) is 18.3 Å². The molecule has 1 aliphatic heterocycles. The number of ether oxygens (including phenoxy) is 1. The van der Waals surface area contributed by atoms with Crippen LogP contribution in [0.3, 0.4) is 0 Å². The number of rotatable bonds is 12. The lowest BCUT2D eigenvalue weighted by Gasteiger charge is -2.37. The minimum absolute atomic E-state index is 0.00290. The predicted octanol–water partition coefficient (Wildman–Crippen LogP) is 6.40. The van der Waals surface area contributed by atoms with Crippen molar-refractivity contribution in [3.8, 4) is 0 Å². The fraction of sp³-hybridized carbons (Fsp3) is 0.625. The van der Waals surface area contributed by atoms with E-state index in [9.17, 15) is 26.4 Å². The molecule has 1 unspecified atom stereocenters. The third kappa shape index (κ3) is 9.12. The number of anilines is 2.